The van der Waals surface area contributed by atoms with Crippen LogP contribution in [-0.4, -0.2) is 17.8 Å². The van der Waals surface area contributed by atoms with E-state index in [0.29, 0.717) is 0 Å². The molecule has 0 heterocycles. The van der Waals surface area contributed by atoms with E-state index in [0.717, 1.165) is 12.1 Å². The van der Waals surface area contributed by atoms with Gasteiger partial charge in [0.1, 0.15) is 11.4 Å². The summed E-state index contributed by atoms with van der Waals surface area (Å²) in [5.41, 5.74) is -1.80. The molecule has 88 valence electrons. The maximum Gasteiger partial charge on any atom is 0.573 e. The summed E-state index contributed by atoms with van der Waals surface area (Å²) in [5.74, 6) is -0.480. The van der Waals surface area contributed by atoms with Crippen LogP contribution in [0.2, 0.25) is 0 Å². The fourth-order valence-electron chi connectivity index (χ4n) is 1.08. The van der Waals surface area contributed by atoms with E-state index in [9.17, 15) is 23.1 Å². The SMILES string of the molecule is CC(O)(C=O)c1cccc(OC(F)(F)F)c1. The van der Waals surface area contributed by atoms with Crippen LogP contribution >= 0.6 is 0 Å². The number of aliphatic hydroxyl groups is 1. The lowest BCUT2D eigenvalue weighted by atomic mass is 9.98. The van der Waals surface area contributed by atoms with Crippen LogP contribution in [0.1, 0.15) is 12.5 Å². The Morgan fingerprint density at radius 1 is 1.38 bits per heavy atom. The molecule has 0 saturated carbocycles. The predicted molar refractivity (Wildman–Crippen MR) is 48.8 cm³/mol. The van der Waals surface area contributed by atoms with Gasteiger partial charge < -0.3 is 9.84 Å². The highest BCUT2D eigenvalue weighted by molar-refractivity contribution is 5.65. The van der Waals surface area contributed by atoms with E-state index in [2.05, 4.69) is 4.74 Å². The number of ether oxygens (including phenoxy) is 1. The minimum absolute atomic E-state index is 0.0317. The molecule has 1 N–H and O–H groups in total. The summed E-state index contributed by atoms with van der Waals surface area (Å²) in [7, 11) is 0. The first-order chi connectivity index (χ1) is 7.24. The maximum atomic E-state index is 11.9. The third-order valence-electron chi connectivity index (χ3n) is 1.88. The fraction of sp³-hybridized carbons (Fsp3) is 0.300. The number of hydrogen-bond donors (Lipinski definition) is 1. The molecule has 1 aromatic rings. The molecule has 1 aromatic carbocycles. The first-order valence-electron chi connectivity index (χ1n) is 4.29. The number of rotatable bonds is 3. The molecule has 0 aromatic heterocycles. The van der Waals surface area contributed by atoms with Crippen molar-refractivity contribution in [3.63, 3.8) is 0 Å². The minimum atomic E-state index is -4.80. The molecular weight excluding hydrogens is 225 g/mol. The summed E-state index contributed by atoms with van der Waals surface area (Å²) in [4.78, 5) is 10.5. The van der Waals surface area contributed by atoms with E-state index >= 15 is 0 Å². The molecule has 0 aliphatic carbocycles. The smallest absolute Gasteiger partial charge is 0.406 e. The normalized spacial score (nSPS) is 15.3. The average molecular weight is 234 g/mol. The van der Waals surface area contributed by atoms with Crippen LogP contribution in [0.5, 0.6) is 5.75 Å². The Bertz CT molecular complexity index is 385. The van der Waals surface area contributed by atoms with Gasteiger partial charge in [0.05, 0.1) is 0 Å². The van der Waals surface area contributed by atoms with Crippen molar-refractivity contribution in [2.75, 3.05) is 0 Å². The lowest BCUT2D eigenvalue weighted by Crippen LogP contribution is -2.23. The fourth-order valence-corrected chi connectivity index (χ4v) is 1.08. The summed E-state index contributed by atoms with van der Waals surface area (Å²) >= 11 is 0. The summed E-state index contributed by atoms with van der Waals surface area (Å²) in [6, 6.07) is 4.63. The van der Waals surface area contributed by atoms with Gasteiger partial charge in [-0.05, 0) is 24.6 Å². The molecule has 0 fully saturated rings. The monoisotopic (exact) mass is 234 g/mol. The second kappa shape index (κ2) is 4.13. The number of alkyl halides is 3. The van der Waals surface area contributed by atoms with Gasteiger partial charge in [0.15, 0.2) is 6.29 Å². The van der Waals surface area contributed by atoms with Crippen LogP contribution in [-0.2, 0) is 10.4 Å². The van der Waals surface area contributed by atoms with Gasteiger partial charge in [0, 0.05) is 0 Å². The summed E-state index contributed by atoms with van der Waals surface area (Å²) < 4.78 is 39.3. The van der Waals surface area contributed by atoms with E-state index < -0.39 is 17.7 Å². The van der Waals surface area contributed by atoms with Crippen molar-refractivity contribution < 1.29 is 27.8 Å². The Kier molecular flexibility index (Phi) is 3.23. The molecule has 1 unspecified atom stereocenters. The van der Waals surface area contributed by atoms with Gasteiger partial charge in [0.25, 0.3) is 0 Å². The summed E-state index contributed by atoms with van der Waals surface area (Å²) in [6.45, 7) is 1.17. The Balaban J connectivity index is 3.00. The van der Waals surface area contributed by atoms with Gasteiger partial charge in [-0.3, -0.25) is 4.79 Å². The number of aldehydes is 1. The van der Waals surface area contributed by atoms with Crippen LogP contribution in [0.4, 0.5) is 13.2 Å². The number of benzene rings is 1. The zero-order chi connectivity index (χ0) is 12.4. The number of carbonyl (C=O) groups is 1. The standard InChI is InChI=1S/C10H9F3O3/c1-9(15,6-14)7-3-2-4-8(5-7)16-10(11,12)13/h2-6,15H,1H3. The third-order valence-corrected chi connectivity index (χ3v) is 1.88. The Labute approximate surface area is 89.5 Å². The predicted octanol–water partition coefficient (Wildman–Crippen LogP) is 1.99. The average Bonchev–Trinajstić information content (AvgIpc) is 2.15. The van der Waals surface area contributed by atoms with E-state index in [1.54, 1.807) is 0 Å². The topological polar surface area (TPSA) is 46.5 Å². The van der Waals surface area contributed by atoms with Crippen molar-refractivity contribution in [3.05, 3.63) is 29.8 Å². The first kappa shape index (κ1) is 12.5. The molecule has 3 nitrogen and oxygen atoms in total. The van der Waals surface area contributed by atoms with E-state index in [1.807, 2.05) is 0 Å². The van der Waals surface area contributed by atoms with Gasteiger partial charge in [-0.2, -0.15) is 0 Å². The second-order valence-corrected chi connectivity index (χ2v) is 3.34. The number of carbonyl (C=O) groups excluding carboxylic acids is 1. The van der Waals surface area contributed by atoms with Gasteiger partial charge in [-0.15, -0.1) is 13.2 Å². The van der Waals surface area contributed by atoms with Gasteiger partial charge in [-0.1, -0.05) is 12.1 Å². The van der Waals surface area contributed by atoms with E-state index in [1.165, 1.54) is 19.1 Å². The van der Waals surface area contributed by atoms with Crippen molar-refractivity contribution in [1.29, 1.82) is 0 Å². The highest BCUT2D eigenvalue weighted by Gasteiger charge is 2.32. The molecule has 0 saturated heterocycles. The Morgan fingerprint density at radius 2 is 2.00 bits per heavy atom. The van der Waals surface area contributed by atoms with Crippen molar-refractivity contribution in [3.8, 4) is 5.75 Å². The van der Waals surface area contributed by atoms with Crippen LogP contribution in [0.25, 0.3) is 0 Å². The zero-order valence-corrected chi connectivity index (χ0v) is 8.28. The van der Waals surface area contributed by atoms with Crippen molar-refractivity contribution in [2.24, 2.45) is 0 Å². The summed E-state index contributed by atoms with van der Waals surface area (Å²) in [6.07, 6.45) is -4.56. The summed E-state index contributed by atoms with van der Waals surface area (Å²) in [5, 5.41) is 9.51. The van der Waals surface area contributed by atoms with Crippen LogP contribution in [0.15, 0.2) is 24.3 Å². The molecule has 0 radical (unpaired) electrons. The van der Waals surface area contributed by atoms with Crippen LogP contribution in [0, 0.1) is 0 Å². The molecule has 0 aliphatic rings. The van der Waals surface area contributed by atoms with Gasteiger partial charge >= 0.3 is 6.36 Å². The van der Waals surface area contributed by atoms with E-state index in [4.69, 9.17) is 0 Å². The van der Waals surface area contributed by atoms with Crippen LogP contribution in [0.3, 0.4) is 0 Å². The van der Waals surface area contributed by atoms with Gasteiger partial charge in [-0.25, -0.2) is 0 Å². The number of hydrogen-bond acceptors (Lipinski definition) is 3. The molecule has 1 rings (SSSR count). The number of halogens is 3. The van der Waals surface area contributed by atoms with E-state index in [-0.39, 0.29) is 11.8 Å². The van der Waals surface area contributed by atoms with Crippen molar-refractivity contribution in [2.45, 2.75) is 18.9 Å². The van der Waals surface area contributed by atoms with Gasteiger partial charge in [0.2, 0.25) is 0 Å². The lowest BCUT2D eigenvalue weighted by molar-refractivity contribution is -0.274. The largest absolute Gasteiger partial charge is 0.573 e. The van der Waals surface area contributed by atoms with Crippen molar-refractivity contribution in [1.82, 2.24) is 0 Å². The maximum absolute atomic E-state index is 11.9. The molecule has 0 amide bonds. The molecular formula is C10H9F3O3. The quantitative estimate of drug-likeness (QED) is 0.813. The molecule has 0 spiro atoms. The Morgan fingerprint density at radius 3 is 2.50 bits per heavy atom. The lowest BCUT2D eigenvalue weighted by Gasteiger charge is -2.17. The first-order valence-corrected chi connectivity index (χ1v) is 4.29. The second-order valence-electron chi connectivity index (χ2n) is 3.34. The zero-order valence-electron chi connectivity index (χ0n) is 8.28. The Hall–Kier alpha value is -1.56. The molecule has 0 bridgehead atoms. The molecule has 1 atom stereocenters. The third kappa shape index (κ3) is 3.23. The van der Waals surface area contributed by atoms with Crippen LogP contribution < -0.4 is 4.74 Å². The van der Waals surface area contributed by atoms with Crippen molar-refractivity contribution >= 4 is 6.29 Å². The highest BCUT2D eigenvalue weighted by atomic mass is 19.4. The minimum Gasteiger partial charge on any atom is -0.406 e. The molecule has 0 aliphatic heterocycles. The molecule has 6 heteroatoms. The highest BCUT2D eigenvalue weighted by Crippen LogP contribution is 2.27. The molecule has 16 heavy (non-hydrogen) atoms.